The number of nitrogens with zero attached hydrogens (tertiary/aromatic N) is 2. The van der Waals surface area contributed by atoms with Gasteiger partial charge in [-0.15, -0.1) is 0 Å². The summed E-state index contributed by atoms with van der Waals surface area (Å²) < 4.78 is 25.9. The average molecular weight is 254 g/mol. The second kappa shape index (κ2) is 6.30. The largest absolute Gasteiger partial charge is 0.316 e. The van der Waals surface area contributed by atoms with Gasteiger partial charge < -0.3 is 5.32 Å². The minimum atomic E-state index is -3.53. The van der Waals surface area contributed by atoms with Gasteiger partial charge in [-0.2, -0.15) is 5.26 Å². The molecule has 1 aromatic rings. The number of sulfonamides is 1. The van der Waals surface area contributed by atoms with Crippen LogP contribution in [0.1, 0.15) is 12.6 Å². The molecule has 0 aliphatic carbocycles. The summed E-state index contributed by atoms with van der Waals surface area (Å²) in [5, 5.41) is 11.6. The van der Waals surface area contributed by atoms with Crippen molar-refractivity contribution in [2.45, 2.75) is 11.8 Å². The minimum Gasteiger partial charge on any atom is -0.316 e. The fourth-order valence-corrected chi connectivity index (χ4v) is 2.12. The molecule has 0 saturated heterocycles. The van der Waals surface area contributed by atoms with E-state index in [0.717, 1.165) is 6.54 Å². The van der Waals surface area contributed by atoms with Crippen LogP contribution in [0.25, 0.3) is 0 Å². The summed E-state index contributed by atoms with van der Waals surface area (Å²) in [5.74, 6) is 0. The van der Waals surface area contributed by atoms with E-state index in [2.05, 4.69) is 15.0 Å². The quantitative estimate of drug-likeness (QED) is 0.688. The SMILES string of the molecule is CCNCCNS(=O)(=O)c1ccc(C#N)nc1. The van der Waals surface area contributed by atoms with Crippen LogP contribution in [-0.2, 0) is 10.0 Å². The number of hydrogen-bond acceptors (Lipinski definition) is 5. The summed E-state index contributed by atoms with van der Waals surface area (Å²) in [4.78, 5) is 3.77. The molecule has 0 saturated carbocycles. The zero-order valence-electron chi connectivity index (χ0n) is 9.47. The summed E-state index contributed by atoms with van der Waals surface area (Å²) >= 11 is 0. The number of pyridine rings is 1. The number of hydrogen-bond donors (Lipinski definition) is 2. The van der Waals surface area contributed by atoms with Crippen molar-refractivity contribution in [3.8, 4) is 6.07 Å². The Labute approximate surface area is 101 Å². The Morgan fingerprint density at radius 2 is 2.18 bits per heavy atom. The third kappa shape index (κ3) is 4.11. The first-order valence-corrected chi connectivity index (χ1v) is 6.65. The smallest absolute Gasteiger partial charge is 0.242 e. The maximum absolute atomic E-state index is 11.7. The van der Waals surface area contributed by atoms with Crippen LogP contribution < -0.4 is 10.0 Å². The van der Waals surface area contributed by atoms with E-state index in [4.69, 9.17) is 5.26 Å². The van der Waals surface area contributed by atoms with E-state index < -0.39 is 10.0 Å². The molecule has 0 unspecified atom stereocenters. The average Bonchev–Trinajstić information content (AvgIpc) is 2.35. The highest BCUT2D eigenvalue weighted by atomic mass is 32.2. The normalized spacial score (nSPS) is 11.1. The lowest BCUT2D eigenvalue weighted by Gasteiger charge is -2.06. The number of aromatic nitrogens is 1. The van der Waals surface area contributed by atoms with Gasteiger partial charge in [0.25, 0.3) is 0 Å². The lowest BCUT2D eigenvalue weighted by molar-refractivity contribution is 0.577. The topological polar surface area (TPSA) is 94.9 Å². The van der Waals surface area contributed by atoms with Crippen molar-refractivity contribution in [3.63, 3.8) is 0 Å². The van der Waals surface area contributed by atoms with E-state index in [9.17, 15) is 8.42 Å². The van der Waals surface area contributed by atoms with Gasteiger partial charge >= 0.3 is 0 Å². The fourth-order valence-electron chi connectivity index (χ4n) is 1.14. The number of rotatable bonds is 6. The van der Waals surface area contributed by atoms with Gasteiger partial charge in [-0.25, -0.2) is 18.1 Å². The number of likely N-dealkylation sites (N-methyl/N-ethyl adjacent to an activating group) is 1. The number of nitriles is 1. The molecule has 0 atom stereocenters. The predicted molar refractivity (Wildman–Crippen MR) is 62.7 cm³/mol. The van der Waals surface area contributed by atoms with Gasteiger partial charge in [-0.1, -0.05) is 6.92 Å². The highest BCUT2D eigenvalue weighted by molar-refractivity contribution is 7.89. The number of nitrogens with one attached hydrogen (secondary N) is 2. The molecule has 0 radical (unpaired) electrons. The second-order valence-corrected chi connectivity index (χ2v) is 5.01. The zero-order chi connectivity index (χ0) is 12.7. The fraction of sp³-hybridized carbons (Fsp3) is 0.400. The molecule has 0 amide bonds. The summed E-state index contributed by atoms with van der Waals surface area (Å²) in [6.07, 6.45) is 1.17. The first-order chi connectivity index (χ1) is 8.10. The van der Waals surface area contributed by atoms with Crippen molar-refractivity contribution >= 4 is 10.0 Å². The Hall–Kier alpha value is -1.49. The molecular formula is C10H14N4O2S. The van der Waals surface area contributed by atoms with Gasteiger partial charge in [0.15, 0.2) is 0 Å². The highest BCUT2D eigenvalue weighted by Crippen LogP contribution is 2.06. The van der Waals surface area contributed by atoms with Gasteiger partial charge in [-0.05, 0) is 18.7 Å². The van der Waals surface area contributed by atoms with Crippen LogP contribution in [-0.4, -0.2) is 33.0 Å². The van der Waals surface area contributed by atoms with E-state index in [1.54, 1.807) is 0 Å². The molecule has 1 aromatic heterocycles. The molecule has 0 aromatic carbocycles. The molecule has 17 heavy (non-hydrogen) atoms. The maximum Gasteiger partial charge on any atom is 0.242 e. The van der Waals surface area contributed by atoms with Crippen molar-refractivity contribution in [1.29, 1.82) is 5.26 Å². The molecular weight excluding hydrogens is 240 g/mol. The van der Waals surface area contributed by atoms with E-state index >= 15 is 0 Å². The van der Waals surface area contributed by atoms with Crippen LogP contribution in [0.15, 0.2) is 23.2 Å². The van der Waals surface area contributed by atoms with Crippen LogP contribution >= 0.6 is 0 Å². The Kier molecular flexibility index (Phi) is 5.03. The van der Waals surface area contributed by atoms with Gasteiger partial charge in [0.05, 0.1) is 0 Å². The summed E-state index contributed by atoms with van der Waals surface area (Å²) in [7, 11) is -3.53. The van der Waals surface area contributed by atoms with Crippen molar-refractivity contribution in [3.05, 3.63) is 24.0 Å². The van der Waals surface area contributed by atoms with Gasteiger partial charge in [-0.3, -0.25) is 0 Å². The summed E-state index contributed by atoms with van der Waals surface area (Å²) in [6.45, 7) is 3.62. The van der Waals surface area contributed by atoms with Crippen molar-refractivity contribution in [2.75, 3.05) is 19.6 Å². The molecule has 0 spiro atoms. The summed E-state index contributed by atoms with van der Waals surface area (Å²) in [6, 6.07) is 4.57. The molecule has 2 N–H and O–H groups in total. The van der Waals surface area contributed by atoms with Crippen LogP contribution in [0.5, 0.6) is 0 Å². The molecule has 0 bridgehead atoms. The first-order valence-electron chi connectivity index (χ1n) is 5.16. The lowest BCUT2D eigenvalue weighted by atomic mass is 10.4. The molecule has 0 aliphatic heterocycles. The molecule has 92 valence electrons. The molecule has 0 fully saturated rings. The second-order valence-electron chi connectivity index (χ2n) is 3.24. The Morgan fingerprint density at radius 3 is 2.71 bits per heavy atom. The molecule has 7 heteroatoms. The standard InChI is InChI=1S/C10H14N4O2S/c1-2-12-5-6-14-17(15,16)10-4-3-9(7-11)13-8-10/h3-4,8,12,14H,2,5-6H2,1H3. The Morgan fingerprint density at radius 1 is 1.41 bits per heavy atom. The maximum atomic E-state index is 11.7. The van der Waals surface area contributed by atoms with Crippen LogP contribution in [0, 0.1) is 11.3 Å². The Bertz CT molecular complexity index is 490. The van der Waals surface area contributed by atoms with Gasteiger partial charge in [0, 0.05) is 19.3 Å². The van der Waals surface area contributed by atoms with Crippen LogP contribution in [0.2, 0.25) is 0 Å². The first kappa shape index (κ1) is 13.6. The molecule has 6 nitrogen and oxygen atoms in total. The van der Waals surface area contributed by atoms with Gasteiger partial charge in [0.2, 0.25) is 10.0 Å². The minimum absolute atomic E-state index is 0.0630. The third-order valence-electron chi connectivity index (χ3n) is 2.01. The van der Waals surface area contributed by atoms with Gasteiger partial charge in [0.1, 0.15) is 16.7 Å². The van der Waals surface area contributed by atoms with E-state index in [1.807, 2.05) is 13.0 Å². The highest BCUT2D eigenvalue weighted by Gasteiger charge is 2.13. The molecule has 0 aliphatic rings. The monoisotopic (exact) mass is 254 g/mol. The predicted octanol–water partition coefficient (Wildman–Crippen LogP) is -0.159. The third-order valence-corrected chi connectivity index (χ3v) is 3.45. The van der Waals surface area contributed by atoms with Crippen molar-refractivity contribution < 1.29 is 8.42 Å². The zero-order valence-corrected chi connectivity index (χ0v) is 10.3. The Balaban J connectivity index is 2.66. The molecule has 1 rings (SSSR count). The van der Waals surface area contributed by atoms with Crippen molar-refractivity contribution in [1.82, 2.24) is 15.0 Å². The molecule has 1 heterocycles. The van der Waals surface area contributed by atoms with Crippen molar-refractivity contribution in [2.24, 2.45) is 0 Å². The van der Waals surface area contributed by atoms with Crippen LogP contribution in [0.4, 0.5) is 0 Å². The lowest BCUT2D eigenvalue weighted by Crippen LogP contribution is -2.31. The summed E-state index contributed by atoms with van der Waals surface area (Å²) in [5.41, 5.74) is 0.191. The van der Waals surface area contributed by atoms with E-state index in [0.29, 0.717) is 13.1 Å². The van der Waals surface area contributed by atoms with E-state index in [-0.39, 0.29) is 10.6 Å². The van der Waals surface area contributed by atoms with Crippen LogP contribution in [0.3, 0.4) is 0 Å². The van der Waals surface area contributed by atoms with E-state index in [1.165, 1.54) is 18.3 Å².